The van der Waals surface area contributed by atoms with Crippen LogP contribution in [0.5, 0.6) is 5.75 Å². The van der Waals surface area contributed by atoms with Gasteiger partial charge in [0.05, 0.1) is 23.6 Å². The SMILES string of the molecule is Cc1cc(Cl)ccc1OCCCC(=O)NNC(=O)Cc1nc(-c2cccs2)oc1C. The van der Waals surface area contributed by atoms with Gasteiger partial charge in [0, 0.05) is 11.4 Å². The second-order valence-corrected chi connectivity index (χ2v) is 8.02. The van der Waals surface area contributed by atoms with Crippen molar-refractivity contribution in [1.29, 1.82) is 0 Å². The molecule has 0 aliphatic rings. The van der Waals surface area contributed by atoms with E-state index >= 15 is 0 Å². The van der Waals surface area contributed by atoms with E-state index in [1.807, 2.05) is 30.5 Å². The molecule has 2 amide bonds. The van der Waals surface area contributed by atoms with Crippen molar-refractivity contribution < 1.29 is 18.7 Å². The summed E-state index contributed by atoms with van der Waals surface area (Å²) in [5.74, 6) is 1.14. The number of carbonyl (C=O) groups is 2. The number of carbonyl (C=O) groups excluding carboxylic acids is 2. The van der Waals surface area contributed by atoms with Gasteiger partial charge in [-0.25, -0.2) is 4.98 Å². The molecule has 0 saturated heterocycles. The standard InChI is InChI=1S/C21H22ClN3O4S/c1-13-11-15(22)7-8-17(13)28-9-3-6-19(26)24-25-20(27)12-16-14(2)29-21(23-16)18-5-4-10-30-18/h4-5,7-8,10-11H,3,6,9,12H2,1-2H3,(H,24,26)(H,25,27). The van der Waals surface area contributed by atoms with Gasteiger partial charge < -0.3 is 9.15 Å². The fraction of sp³-hybridized carbons (Fsp3) is 0.286. The zero-order valence-electron chi connectivity index (χ0n) is 16.7. The minimum absolute atomic E-state index is 0.0138. The maximum absolute atomic E-state index is 12.1. The summed E-state index contributed by atoms with van der Waals surface area (Å²) in [6.07, 6.45) is 0.745. The number of oxazole rings is 1. The molecular formula is C21H22ClN3O4S. The van der Waals surface area contributed by atoms with Crippen LogP contribution < -0.4 is 15.6 Å². The number of hydrogen-bond donors (Lipinski definition) is 2. The Hall–Kier alpha value is -2.84. The Morgan fingerprint density at radius 2 is 2.00 bits per heavy atom. The first-order chi connectivity index (χ1) is 14.4. The van der Waals surface area contributed by atoms with Gasteiger partial charge in [0.15, 0.2) is 0 Å². The summed E-state index contributed by atoms with van der Waals surface area (Å²) >= 11 is 7.42. The molecule has 0 radical (unpaired) electrons. The van der Waals surface area contributed by atoms with Crippen molar-refractivity contribution in [3.8, 4) is 16.5 Å². The quantitative estimate of drug-likeness (QED) is 0.398. The number of halogens is 1. The summed E-state index contributed by atoms with van der Waals surface area (Å²) in [4.78, 5) is 29.3. The number of aromatic nitrogens is 1. The largest absolute Gasteiger partial charge is 0.493 e. The van der Waals surface area contributed by atoms with E-state index in [9.17, 15) is 9.59 Å². The Morgan fingerprint density at radius 1 is 1.20 bits per heavy atom. The van der Waals surface area contributed by atoms with E-state index in [1.54, 1.807) is 19.1 Å². The summed E-state index contributed by atoms with van der Waals surface area (Å²) in [6.45, 7) is 4.05. The first kappa shape index (κ1) is 21.9. The molecule has 0 aliphatic heterocycles. The van der Waals surface area contributed by atoms with Gasteiger partial charge >= 0.3 is 0 Å². The van der Waals surface area contributed by atoms with Crippen molar-refractivity contribution in [2.45, 2.75) is 33.1 Å². The van der Waals surface area contributed by atoms with E-state index in [2.05, 4.69) is 15.8 Å². The molecule has 1 aromatic carbocycles. The van der Waals surface area contributed by atoms with E-state index in [4.69, 9.17) is 20.8 Å². The Bertz CT molecular complexity index is 1020. The van der Waals surface area contributed by atoms with Gasteiger partial charge in [-0.05, 0) is 55.5 Å². The van der Waals surface area contributed by atoms with Gasteiger partial charge in [0.2, 0.25) is 17.7 Å². The van der Waals surface area contributed by atoms with Crippen molar-refractivity contribution in [3.05, 3.63) is 57.8 Å². The van der Waals surface area contributed by atoms with Crippen LogP contribution in [0.2, 0.25) is 5.02 Å². The van der Waals surface area contributed by atoms with Crippen LogP contribution in [0.15, 0.2) is 40.1 Å². The molecular weight excluding hydrogens is 426 g/mol. The lowest BCUT2D eigenvalue weighted by Gasteiger charge is -2.10. The van der Waals surface area contributed by atoms with Crippen LogP contribution in [0.3, 0.4) is 0 Å². The van der Waals surface area contributed by atoms with Crippen molar-refractivity contribution in [3.63, 3.8) is 0 Å². The number of hydrogen-bond acceptors (Lipinski definition) is 6. The normalized spacial score (nSPS) is 10.6. The second-order valence-electron chi connectivity index (χ2n) is 6.63. The smallest absolute Gasteiger partial charge is 0.244 e. The number of hydrazine groups is 1. The molecule has 0 fully saturated rings. The molecule has 3 rings (SSSR count). The number of aryl methyl sites for hydroxylation is 2. The molecule has 0 atom stereocenters. The van der Waals surface area contributed by atoms with Crippen LogP contribution in [0.4, 0.5) is 0 Å². The van der Waals surface area contributed by atoms with Gasteiger partial charge in [-0.2, -0.15) is 0 Å². The Morgan fingerprint density at radius 3 is 2.73 bits per heavy atom. The highest BCUT2D eigenvalue weighted by Crippen LogP contribution is 2.26. The lowest BCUT2D eigenvalue weighted by molar-refractivity contribution is -0.128. The first-order valence-corrected chi connectivity index (χ1v) is 10.6. The number of benzene rings is 1. The third-order valence-corrected chi connectivity index (χ3v) is 5.33. The zero-order chi connectivity index (χ0) is 21.5. The van der Waals surface area contributed by atoms with Gasteiger partial charge in [0.1, 0.15) is 11.5 Å². The number of rotatable bonds is 8. The van der Waals surface area contributed by atoms with Crippen molar-refractivity contribution in [1.82, 2.24) is 15.8 Å². The lowest BCUT2D eigenvalue weighted by Crippen LogP contribution is -2.42. The zero-order valence-corrected chi connectivity index (χ0v) is 18.2. The molecule has 0 aliphatic carbocycles. The number of ether oxygens (including phenoxy) is 1. The van der Waals surface area contributed by atoms with Gasteiger partial charge in [-0.3, -0.25) is 20.4 Å². The lowest BCUT2D eigenvalue weighted by atomic mass is 10.2. The molecule has 2 aromatic heterocycles. The summed E-state index contributed by atoms with van der Waals surface area (Å²) in [5, 5.41) is 2.58. The summed E-state index contributed by atoms with van der Waals surface area (Å²) in [6, 6.07) is 9.18. The maximum Gasteiger partial charge on any atom is 0.244 e. The number of nitrogens with one attached hydrogen (secondary N) is 2. The molecule has 2 N–H and O–H groups in total. The fourth-order valence-electron chi connectivity index (χ4n) is 2.69. The molecule has 7 nitrogen and oxygen atoms in total. The molecule has 9 heteroatoms. The predicted molar refractivity (Wildman–Crippen MR) is 115 cm³/mol. The molecule has 0 spiro atoms. The summed E-state index contributed by atoms with van der Waals surface area (Å²) in [7, 11) is 0. The van der Waals surface area contributed by atoms with Crippen LogP contribution >= 0.6 is 22.9 Å². The predicted octanol–water partition coefficient (Wildman–Crippen LogP) is 4.22. The summed E-state index contributed by atoms with van der Waals surface area (Å²) < 4.78 is 11.3. The fourth-order valence-corrected chi connectivity index (χ4v) is 3.56. The van der Waals surface area contributed by atoms with Crippen molar-refractivity contribution in [2.24, 2.45) is 0 Å². The highest BCUT2D eigenvalue weighted by molar-refractivity contribution is 7.13. The van der Waals surface area contributed by atoms with Crippen LogP contribution in [0.1, 0.15) is 29.9 Å². The van der Waals surface area contributed by atoms with Crippen molar-refractivity contribution in [2.75, 3.05) is 6.61 Å². The molecule has 0 saturated carbocycles. The monoisotopic (exact) mass is 447 g/mol. The van der Waals surface area contributed by atoms with E-state index in [0.717, 1.165) is 16.2 Å². The molecule has 3 aromatic rings. The minimum Gasteiger partial charge on any atom is -0.493 e. The van der Waals surface area contributed by atoms with Crippen LogP contribution in [-0.2, 0) is 16.0 Å². The summed E-state index contributed by atoms with van der Waals surface area (Å²) in [5.41, 5.74) is 6.28. The second kappa shape index (κ2) is 10.3. The first-order valence-electron chi connectivity index (χ1n) is 9.39. The van der Waals surface area contributed by atoms with Crippen molar-refractivity contribution >= 4 is 34.8 Å². The third-order valence-electron chi connectivity index (χ3n) is 4.24. The average Bonchev–Trinajstić information content (AvgIpc) is 3.35. The third kappa shape index (κ3) is 6.08. The van der Waals surface area contributed by atoms with Gasteiger partial charge in [-0.15, -0.1) is 11.3 Å². The number of amides is 2. The van der Waals surface area contributed by atoms with Crippen LogP contribution in [-0.4, -0.2) is 23.4 Å². The van der Waals surface area contributed by atoms with E-state index < -0.39 is 0 Å². The average molecular weight is 448 g/mol. The molecule has 2 heterocycles. The minimum atomic E-state index is -0.370. The van der Waals surface area contributed by atoms with Crippen LogP contribution in [0.25, 0.3) is 10.8 Å². The Balaban J connectivity index is 1.37. The molecule has 158 valence electrons. The topological polar surface area (TPSA) is 93.5 Å². The van der Waals surface area contributed by atoms with Gasteiger partial charge in [-0.1, -0.05) is 17.7 Å². The maximum atomic E-state index is 12.1. The Kier molecular flexibility index (Phi) is 7.48. The van der Waals surface area contributed by atoms with Gasteiger partial charge in [0.25, 0.3) is 0 Å². The van der Waals surface area contributed by atoms with E-state index in [0.29, 0.717) is 35.4 Å². The van der Waals surface area contributed by atoms with Crippen LogP contribution in [0, 0.1) is 13.8 Å². The molecule has 30 heavy (non-hydrogen) atoms. The van der Waals surface area contributed by atoms with E-state index in [1.165, 1.54) is 11.3 Å². The molecule has 0 unspecified atom stereocenters. The highest BCUT2D eigenvalue weighted by atomic mass is 35.5. The number of nitrogens with zero attached hydrogens (tertiary/aromatic N) is 1. The molecule has 0 bridgehead atoms. The Labute approximate surface area is 183 Å². The van der Waals surface area contributed by atoms with E-state index in [-0.39, 0.29) is 24.7 Å². The number of thiophene rings is 1. The highest BCUT2D eigenvalue weighted by Gasteiger charge is 2.15.